The summed E-state index contributed by atoms with van der Waals surface area (Å²) in [6.07, 6.45) is 0. The predicted octanol–water partition coefficient (Wildman–Crippen LogP) is 3.19. The minimum Gasteiger partial charge on any atom is -0.496 e. The molecule has 4 heteroatoms. The Morgan fingerprint density at radius 3 is 2.50 bits per heavy atom. The van der Waals surface area contributed by atoms with Crippen LogP contribution >= 0.6 is 0 Å². The van der Waals surface area contributed by atoms with Crippen LogP contribution in [-0.4, -0.2) is 17.1 Å². The predicted molar refractivity (Wildman–Crippen MR) is 80.4 cm³/mol. The third-order valence-electron chi connectivity index (χ3n) is 3.34. The van der Waals surface area contributed by atoms with Gasteiger partial charge in [-0.05, 0) is 37.5 Å². The second kappa shape index (κ2) is 5.49. The lowest BCUT2D eigenvalue weighted by Crippen LogP contribution is -2.18. The average Bonchev–Trinajstić information content (AvgIpc) is 2.37. The van der Waals surface area contributed by atoms with Crippen LogP contribution < -0.4 is 10.3 Å². The van der Waals surface area contributed by atoms with E-state index in [1.807, 2.05) is 45.9 Å². The van der Waals surface area contributed by atoms with Crippen molar-refractivity contribution in [2.45, 2.75) is 33.6 Å². The molecule has 0 fully saturated rings. The third kappa shape index (κ3) is 2.59. The zero-order chi connectivity index (χ0) is 14.9. The van der Waals surface area contributed by atoms with Crippen molar-refractivity contribution in [1.29, 1.82) is 0 Å². The van der Waals surface area contributed by atoms with Crippen LogP contribution in [0, 0.1) is 13.8 Å². The molecule has 0 aliphatic rings. The summed E-state index contributed by atoms with van der Waals surface area (Å²) in [5, 5.41) is 0. The van der Waals surface area contributed by atoms with Crippen molar-refractivity contribution in [2.75, 3.05) is 7.11 Å². The van der Waals surface area contributed by atoms with Crippen molar-refractivity contribution in [1.82, 2.24) is 9.97 Å². The van der Waals surface area contributed by atoms with Crippen LogP contribution in [-0.2, 0) is 0 Å². The Balaban J connectivity index is 2.63. The van der Waals surface area contributed by atoms with E-state index in [1.54, 1.807) is 7.11 Å². The second-order valence-electron chi connectivity index (χ2n) is 5.27. The molecule has 4 nitrogen and oxygen atoms in total. The number of hydrogen-bond acceptors (Lipinski definition) is 3. The third-order valence-corrected chi connectivity index (χ3v) is 3.34. The Hall–Kier alpha value is -2.10. The van der Waals surface area contributed by atoms with Gasteiger partial charge in [0.1, 0.15) is 11.6 Å². The lowest BCUT2D eigenvalue weighted by molar-refractivity contribution is 0.416. The van der Waals surface area contributed by atoms with Crippen molar-refractivity contribution in [3.05, 3.63) is 45.4 Å². The molecule has 2 aromatic rings. The van der Waals surface area contributed by atoms with Crippen LogP contribution in [0.1, 0.15) is 36.6 Å². The first-order chi connectivity index (χ1) is 9.43. The van der Waals surface area contributed by atoms with Crippen LogP contribution in [0.15, 0.2) is 23.0 Å². The average molecular weight is 272 g/mol. The van der Waals surface area contributed by atoms with E-state index in [1.165, 1.54) is 0 Å². The fraction of sp³-hybridized carbons (Fsp3) is 0.375. The summed E-state index contributed by atoms with van der Waals surface area (Å²) in [5.41, 5.74) is 3.32. The summed E-state index contributed by atoms with van der Waals surface area (Å²) in [6.45, 7) is 7.85. The number of aromatic nitrogens is 2. The number of ether oxygens (including phenoxy) is 1. The van der Waals surface area contributed by atoms with E-state index in [0.29, 0.717) is 11.6 Å². The van der Waals surface area contributed by atoms with Gasteiger partial charge in [0.2, 0.25) is 0 Å². The monoisotopic (exact) mass is 272 g/mol. The minimum absolute atomic E-state index is 0.0786. The van der Waals surface area contributed by atoms with Gasteiger partial charge in [0.25, 0.3) is 5.56 Å². The van der Waals surface area contributed by atoms with Crippen molar-refractivity contribution in [2.24, 2.45) is 0 Å². The largest absolute Gasteiger partial charge is 0.496 e. The normalized spacial score (nSPS) is 10.9. The standard InChI is InChI=1S/C16H20N2O2/c1-9(2)14-11(4)17-15(18-16(14)19)12-7-6-10(3)8-13(12)20-5/h6-9H,1-5H3,(H,17,18,19). The fourth-order valence-electron chi connectivity index (χ4n) is 2.40. The molecule has 0 aliphatic heterocycles. The molecule has 1 heterocycles. The molecule has 0 spiro atoms. The summed E-state index contributed by atoms with van der Waals surface area (Å²) in [6, 6.07) is 5.82. The fourth-order valence-corrected chi connectivity index (χ4v) is 2.40. The maximum absolute atomic E-state index is 12.2. The number of rotatable bonds is 3. The molecular weight excluding hydrogens is 252 g/mol. The number of benzene rings is 1. The van der Waals surface area contributed by atoms with Crippen LogP contribution in [0.3, 0.4) is 0 Å². The van der Waals surface area contributed by atoms with Crippen LogP contribution in [0.2, 0.25) is 0 Å². The lowest BCUT2D eigenvalue weighted by Gasteiger charge is -2.12. The highest BCUT2D eigenvalue weighted by molar-refractivity contribution is 5.65. The maximum Gasteiger partial charge on any atom is 0.254 e. The SMILES string of the molecule is COc1cc(C)ccc1-c1nc(C)c(C(C)C)c(=O)[nH]1. The summed E-state index contributed by atoms with van der Waals surface area (Å²) < 4.78 is 5.38. The van der Waals surface area contributed by atoms with Crippen molar-refractivity contribution >= 4 is 0 Å². The minimum atomic E-state index is -0.0786. The molecule has 1 aromatic carbocycles. The Labute approximate surface area is 118 Å². The first-order valence-electron chi connectivity index (χ1n) is 6.70. The first kappa shape index (κ1) is 14.3. The van der Waals surface area contributed by atoms with Gasteiger partial charge < -0.3 is 9.72 Å². The molecule has 0 saturated carbocycles. The van der Waals surface area contributed by atoms with Gasteiger partial charge in [-0.2, -0.15) is 0 Å². The smallest absolute Gasteiger partial charge is 0.254 e. The van der Waals surface area contributed by atoms with Crippen molar-refractivity contribution in [3.63, 3.8) is 0 Å². The molecule has 2 rings (SSSR count). The molecule has 0 radical (unpaired) electrons. The molecule has 20 heavy (non-hydrogen) atoms. The molecule has 0 saturated heterocycles. The highest BCUT2D eigenvalue weighted by Gasteiger charge is 2.14. The quantitative estimate of drug-likeness (QED) is 0.933. The lowest BCUT2D eigenvalue weighted by atomic mass is 10.0. The van der Waals surface area contributed by atoms with Gasteiger partial charge in [0.15, 0.2) is 0 Å². The van der Waals surface area contributed by atoms with Crippen LogP contribution in [0.5, 0.6) is 5.75 Å². The number of nitrogens with zero attached hydrogens (tertiary/aromatic N) is 1. The number of hydrogen-bond donors (Lipinski definition) is 1. The van der Waals surface area contributed by atoms with Crippen LogP contribution in [0.4, 0.5) is 0 Å². The molecule has 106 valence electrons. The van der Waals surface area contributed by atoms with E-state index in [2.05, 4.69) is 9.97 Å². The van der Waals surface area contributed by atoms with Gasteiger partial charge in [-0.15, -0.1) is 0 Å². The molecule has 0 unspecified atom stereocenters. The topological polar surface area (TPSA) is 55.0 Å². The van der Waals surface area contributed by atoms with Crippen molar-refractivity contribution in [3.8, 4) is 17.1 Å². The van der Waals surface area contributed by atoms with Gasteiger partial charge in [-0.1, -0.05) is 19.9 Å². The Kier molecular flexibility index (Phi) is 3.93. The van der Waals surface area contributed by atoms with E-state index in [0.717, 1.165) is 22.4 Å². The van der Waals surface area contributed by atoms with Gasteiger partial charge in [0, 0.05) is 11.3 Å². The van der Waals surface area contributed by atoms with Gasteiger partial charge in [0.05, 0.1) is 12.7 Å². The molecule has 0 amide bonds. The molecule has 1 aromatic heterocycles. The zero-order valence-corrected chi connectivity index (χ0v) is 12.6. The van der Waals surface area contributed by atoms with Gasteiger partial charge in [-0.3, -0.25) is 4.79 Å². The highest BCUT2D eigenvalue weighted by Crippen LogP contribution is 2.28. The first-order valence-corrected chi connectivity index (χ1v) is 6.70. The van der Waals surface area contributed by atoms with E-state index in [4.69, 9.17) is 4.74 Å². The molecule has 0 aliphatic carbocycles. The van der Waals surface area contributed by atoms with E-state index >= 15 is 0 Å². The summed E-state index contributed by atoms with van der Waals surface area (Å²) >= 11 is 0. The van der Waals surface area contributed by atoms with Gasteiger partial charge in [-0.25, -0.2) is 4.98 Å². The number of aryl methyl sites for hydroxylation is 2. The highest BCUT2D eigenvalue weighted by atomic mass is 16.5. The van der Waals surface area contributed by atoms with E-state index in [-0.39, 0.29) is 11.5 Å². The maximum atomic E-state index is 12.2. The van der Waals surface area contributed by atoms with Crippen molar-refractivity contribution < 1.29 is 4.74 Å². The number of H-pyrrole nitrogens is 1. The summed E-state index contributed by atoms with van der Waals surface area (Å²) in [7, 11) is 1.62. The second-order valence-corrected chi connectivity index (χ2v) is 5.27. The molecule has 1 N–H and O–H groups in total. The number of nitrogens with one attached hydrogen (secondary N) is 1. The van der Waals surface area contributed by atoms with Crippen LogP contribution in [0.25, 0.3) is 11.4 Å². The van der Waals surface area contributed by atoms with Gasteiger partial charge >= 0.3 is 0 Å². The molecular formula is C16H20N2O2. The Bertz CT molecular complexity index is 687. The number of aromatic amines is 1. The molecule has 0 atom stereocenters. The number of methoxy groups -OCH3 is 1. The summed E-state index contributed by atoms with van der Waals surface area (Å²) in [5.74, 6) is 1.42. The summed E-state index contributed by atoms with van der Waals surface area (Å²) in [4.78, 5) is 19.6. The van der Waals surface area contributed by atoms with E-state index in [9.17, 15) is 4.79 Å². The molecule has 0 bridgehead atoms. The van der Waals surface area contributed by atoms with E-state index < -0.39 is 0 Å². The Morgan fingerprint density at radius 1 is 1.25 bits per heavy atom. The Morgan fingerprint density at radius 2 is 1.95 bits per heavy atom. The zero-order valence-electron chi connectivity index (χ0n) is 12.6.